The molecule has 0 unspecified atom stereocenters. The lowest BCUT2D eigenvalue weighted by Gasteiger charge is -1.92. The Hall–Kier alpha value is -1.38. The van der Waals surface area contributed by atoms with E-state index in [1.165, 1.54) is 12.1 Å². The molecule has 3 heteroatoms. The van der Waals surface area contributed by atoms with Gasteiger partial charge >= 0.3 is 0 Å². The maximum atomic E-state index is 12.7. The van der Waals surface area contributed by atoms with Crippen molar-refractivity contribution >= 4 is 5.52 Å². The van der Waals surface area contributed by atoms with Crippen LogP contribution in [-0.4, -0.2) is 9.61 Å². The highest BCUT2D eigenvalue weighted by molar-refractivity contribution is 5.52. The number of fused-ring (bicyclic) bond motifs is 1. The average Bonchev–Trinajstić information content (AvgIpc) is 2.33. The summed E-state index contributed by atoms with van der Waals surface area (Å²) in [5, 5.41) is 4.01. The molecule has 0 spiro atoms. The van der Waals surface area contributed by atoms with Gasteiger partial charge in [-0.05, 0) is 24.6 Å². The Bertz CT molecular complexity index is 392. The molecule has 56 valence electrons. The van der Waals surface area contributed by atoms with Crippen molar-refractivity contribution in [3.63, 3.8) is 0 Å². The maximum Gasteiger partial charge on any atom is 0.126 e. The summed E-state index contributed by atoms with van der Waals surface area (Å²) in [6.45, 7) is 1.90. The molecule has 0 aliphatic rings. The van der Waals surface area contributed by atoms with E-state index < -0.39 is 0 Å². The predicted octanol–water partition coefficient (Wildman–Crippen LogP) is 1.78. The van der Waals surface area contributed by atoms with Crippen molar-refractivity contribution < 1.29 is 4.39 Å². The van der Waals surface area contributed by atoms with Crippen molar-refractivity contribution in [2.45, 2.75) is 6.92 Å². The molecule has 0 saturated heterocycles. The van der Waals surface area contributed by atoms with Gasteiger partial charge < -0.3 is 0 Å². The maximum absolute atomic E-state index is 12.7. The number of rotatable bonds is 0. The van der Waals surface area contributed by atoms with Crippen LogP contribution in [0.5, 0.6) is 0 Å². The minimum atomic E-state index is -0.221. The molecule has 2 nitrogen and oxygen atoms in total. The third-order valence-electron chi connectivity index (χ3n) is 1.68. The molecule has 11 heavy (non-hydrogen) atoms. The molecule has 2 aromatic heterocycles. The number of nitrogens with zero attached hydrogens (tertiary/aromatic N) is 2. The zero-order valence-corrected chi connectivity index (χ0v) is 6.08. The van der Waals surface area contributed by atoms with E-state index in [1.807, 2.05) is 6.92 Å². The molecular weight excluding hydrogens is 143 g/mol. The molecule has 0 aliphatic heterocycles. The fourth-order valence-electron chi connectivity index (χ4n) is 1.08. The van der Waals surface area contributed by atoms with Crippen molar-refractivity contribution in [2.24, 2.45) is 0 Å². The van der Waals surface area contributed by atoms with Crippen LogP contribution in [-0.2, 0) is 0 Å². The average molecular weight is 150 g/mol. The molecule has 0 bridgehead atoms. The molecule has 0 aromatic carbocycles. The van der Waals surface area contributed by atoms with Gasteiger partial charge in [-0.15, -0.1) is 0 Å². The van der Waals surface area contributed by atoms with E-state index in [2.05, 4.69) is 5.10 Å². The van der Waals surface area contributed by atoms with Crippen LogP contribution < -0.4 is 0 Å². The normalized spacial score (nSPS) is 10.7. The van der Waals surface area contributed by atoms with E-state index in [0.29, 0.717) is 0 Å². The largest absolute Gasteiger partial charge is 0.241 e. The summed E-state index contributed by atoms with van der Waals surface area (Å²) in [5.74, 6) is -0.221. The van der Waals surface area contributed by atoms with Crippen LogP contribution in [0.2, 0.25) is 0 Å². The fourth-order valence-corrected chi connectivity index (χ4v) is 1.08. The van der Waals surface area contributed by atoms with Gasteiger partial charge in [-0.2, -0.15) is 5.10 Å². The van der Waals surface area contributed by atoms with Crippen LogP contribution in [0.4, 0.5) is 4.39 Å². The second kappa shape index (κ2) is 2.05. The number of aromatic nitrogens is 2. The topological polar surface area (TPSA) is 17.3 Å². The third-order valence-corrected chi connectivity index (χ3v) is 1.68. The number of aryl methyl sites for hydroxylation is 1. The van der Waals surface area contributed by atoms with Gasteiger partial charge in [-0.1, -0.05) is 0 Å². The Morgan fingerprint density at radius 2 is 2.36 bits per heavy atom. The zero-order chi connectivity index (χ0) is 7.84. The van der Waals surface area contributed by atoms with Crippen molar-refractivity contribution in [1.29, 1.82) is 0 Å². The summed E-state index contributed by atoms with van der Waals surface area (Å²) in [6.07, 6.45) is 3.33. The van der Waals surface area contributed by atoms with Crippen molar-refractivity contribution in [2.75, 3.05) is 0 Å². The lowest BCUT2D eigenvalue weighted by Crippen LogP contribution is -1.86. The highest BCUT2D eigenvalue weighted by Gasteiger charge is 1.98. The van der Waals surface area contributed by atoms with E-state index in [0.717, 1.165) is 11.1 Å². The van der Waals surface area contributed by atoms with E-state index in [9.17, 15) is 4.39 Å². The molecule has 2 heterocycles. The van der Waals surface area contributed by atoms with E-state index in [-0.39, 0.29) is 5.82 Å². The van der Waals surface area contributed by atoms with Gasteiger partial charge in [0.1, 0.15) is 5.82 Å². The van der Waals surface area contributed by atoms with E-state index in [4.69, 9.17) is 0 Å². The minimum Gasteiger partial charge on any atom is -0.241 e. The quantitative estimate of drug-likeness (QED) is 0.559. The number of halogens is 1. The van der Waals surface area contributed by atoms with Gasteiger partial charge in [0.25, 0.3) is 0 Å². The Kier molecular flexibility index (Phi) is 1.18. The SMILES string of the molecule is Cc1cnn2ccc(F)cc12. The molecule has 2 aromatic rings. The van der Waals surface area contributed by atoms with Gasteiger partial charge in [-0.25, -0.2) is 8.91 Å². The summed E-state index contributed by atoms with van der Waals surface area (Å²) in [5.41, 5.74) is 1.81. The van der Waals surface area contributed by atoms with Crippen LogP contribution in [0.25, 0.3) is 5.52 Å². The van der Waals surface area contributed by atoms with Gasteiger partial charge in [-0.3, -0.25) is 0 Å². The van der Waals surface area contributed by atoms with Gasteiger partial charge in [0.05, 0.1) is 11.7 Å². The van der Waals surface area contributed by atoms with Crippen molar-refractivity contribution in [3.8, 4) is 0 Å². The lowest BCUT2D eigenvalue weighted by molar-refractivity contribution is 0.625. The standard InChI is InChI=1S/C8H7FN2/c1-6-5-10-11-3-2-7(9)4-8(6)11/h2-5H,1H3. The Morgan fingerprint density at radius 3 is 3.18 bits per heavy atom. The summed E-state index contributed by atoms with van der Waals surface area (Å²) in [4.78, 5) is 0. The number of hydrogen-bond acceptors (Lipinski definition) is 1. The fraction of sp³-hybridized carbons (Fsp3) is 0.125. The zero-order valence-electron chi connectivity index (χ0n) is 6.08. The molecular formula is C8H7FN2. The first kappa shape index (κ1) is 6.34. The molecule has 0 radical (unpaired) electrons. The molecule has 0 aliphatic carbocycles. The van der Waals surface area contributed by atoms with Crippen LogP contribution >= 0.6 is 0 Å². The smallest absolute Gasteiger partial charge is 0.126 e. The number of pyridine rings is 1. The summed E-state index contributed by atoms with van der Waals surface area (Å²) in [7, 11) is 0. The molecule has 0 amide bonds. The summed E-state index contributed by atoms with van der Waals surface area (Å²) in [6, 6.07) is 2.86. The van der Waals surface area contributed by atoms with Gasteiger partial charge in [0.15, 0.2) is 0 Å². The first-order valence-electron chi connectivity index (χ1n) is 3.37. The Balaban J connectivity index is 2.87. The Labute approximate surface area is 63.3 Å². The number of hydrogen-bond donors (Lipinski definition) is 0. The summed E-state index contributed by atoms with van der Waals surface area (Å²) < 4.78 is 14.3. The monoisotopic (exact) mass is 150 g/mol. The third kappa shape index (κ3) is 0.888. The van der Waals surface area contributed by atoms with Gasteiger partial charge in [0.2, 0.25) is 0 Å². The van der Waals surface area contributed by atoms with Crippen LogP contribution in [0, 0.1) is 12.7 Å². The Morgan fingerprint density at radius 1 is 1.55 bits per heavy atom. The van der Waals surface area contributed by atoms with Crippen LogP contribution in [0.3, 0.4) is 0 Å². The first-order chi connectivity index (χ1) is 5.27. The van der Waals surface area contributed by atoms with E-state index >= 15 is 0 Å². The lowest BCUT2D eigenvalue weighted by atomic mass is 10.3. The van der Waals surface area contributed by atoms with Crippen LogP contribution in [0.15, 0.2) is 24.5 Å². The van der Waals surface area contributed by atoms with E-state index in [1.54, 1.807) is 16.9 Å². The molecule has 0 fully saturated rings. The van der Waals surface area contributed by atoms with Gasteiger partial charge in [0, 0.05) is 6.20 Å². The predicted molar refractivity (Wildman–Crippen MR) is 39.9 cm³/mol. The highest BCUT2D eigenvalue weighted by atomic mass is 19.1. The second-order valence-electron chi connectivity index (χ2n) is 2.50. The van der Waals surface area contributed by atoms with Crippen molar-refractivity contribution in [3.05, 3.63) is 35.9 Å². The minimum absolute atomic E-state index is 0.221. The summed E-state index contributed by atoms with van der Waals surface area (Å²) >= 11 is 0. The van der Waals surface area contributed by atoms with Crippen molar-refractivity contribution in [1.82, 2.24) is 9.61 Å². The van der Waals surface area contributed by atoms with Crippen LogP contribution in [0.1, 0.15) is 5.56 Å². The highest BCUT2D eigenvalue weighted by Crippen LogP contribution is 2.09. The molecule has 0 N–H and O–H groups in total. The molecule has 2 rings (SSSR count). The molecule has 0 saturated carbocycles. The first-order valence-corrected chi connectivity index (χ1v) is 3.37. The second-order valence-corrected chi connectivity index (χ2v) is 2.50. The molecule has 0 atom stereocenters.